The van der Waals surface area contributed by atoms with Gasteiger partial charge in [0.2, 0.25) is 5.69 Å². The Bertz CT molecular complexity index is 1420. The maximum Gasteiger partial charge on any atom is 0.362 e. The maximum absolute atomic E-state index is 13.1. The fourth-order valence-corrected chi connectivity index (χ4v) is 2.70. The van der Waals surface area contributed by atoms with Crippen LogP contribution >= 0.6 is 0 Å². The lowest BCUT2D eigenvalue weighted by Gasteiger charge is -2.04. The molecule has 0 aliphatic rings. The number of nitrogens with zero attached hydrogens (tertiary/aromatic N) is 6. The molecule has 0 aliphatic carbocycles. The molecule has 0 saturated heterocycles. The zero-order valence-corrected chi connectivity index (χ0v) is 18.7. The first kappa shape index (κ1) is 25.5. The summed E-state index contributed by atoms with van der Waals surface area (Å²) in [6.07, 6.45) is 0. The van der Waals surface area contributed by atoms with E-state index in [0.717, 1.165) is 0 Å². The number of esters is 1. The van der Waals surface area contributed by atoms with Gasteiger partial charge in [0.25, 0.3) is 5.91 Å². The van der Waals surface area contributed by atoms with Crippen LogP contribution in [0.5, 0.6) is 0 Å². The van der Waals surface area contributed by atoms with E-state index < -0.39 is 23.5 Å². The van der Waals surface area contributed by atoms with Crippen LogP contribution in [0.15, 0.2) is 48.5 Å². The fourth-order valence-electron chi connectivity index (χ4n) is 2.70. The van der Waals surface area contributed by atoms with Gasteiger partial charge in [-0.05, 0) is 31.2 Å². The molecular formula is C22H19F2N9O3. The van der Waals surface area contributed by atoms with Gasteiger partial charge in [0.15, 0.2) is 29.0 Å². The zero-order valence-electron chi connectivity index (χ0n) is 18.7. The molecule has 0 fully saturated rings. The van der Waals surface area contributed by atoms with Crippen LogP contribution in [0.1, 0.15) is 27.9 Å². The molecule has 0 saturated carbocycles. The largest absolute Gasteiger partial charge is 0.461 e. The Morgan fingerprint density at radius 1 is 0.806 bits per heavy atom. The lowest BCUT2D eigenvalue weighted by molar-refractivity contribution is 0.0519. The first-order chi connectivity index (χ1) is 17.2. The normalized spacial score (nSPS) is 10.2. The number of nitrogen functional groups attached to an aromatic ring is 2. The molecule has 0 bridgehead atoms. The Labute approximate surface area is 202 Å². The van der Waals surface area contributed by atoms with E-state index in [9.17, 15) is 18.4 Å². The minimum absolute atomic E-state index is 0.104. The number of nitrogens with two attached hydrogens (primary N) is 3. The first-order valence-corrected chi connectivity index (χ1v) is 10.2. The number of aromatic nitrogens is 6. The van der Waals surface area contributed by atoms with E-state index in [1.165, 1.54) is 36.4 Å². The molecule has 12 nitrogen and oxygen atoms in total. The standard InChI is InChI=1S/C12H11FN4O2.C10H8FN5O/c1-2-19-12(18)9-10(14)15-11(17-16-9)7-4-3-5-8(13)6-7;11-6-3-1-2-5(4-6)10-14-8(12)7(9(13)17)15-16-10/h3-6H,2H2,1H3,(H2,14,15,17);1-4H,(H2,13,17)(H2,12,14,16). The van der Waals surface area contributed by atoms with E-state index >= 15 is 0 Å². The number of carbonyl (C=O) groups excluding carboxylic acids is 2. The third-order valence-electron chi connectivity index (χ3n) is 4.30. The van der Waals surface area contributed by atoms with Crippen LogP contribution in [0.3, 0.4) is 0 Å². The van der Waals surface area contributed by atoms with Gasteiger partial charge in [-0.2, -0.15) is 0 Å². The second-order valence-corrected chi connectivity index (χ2v) is 6.84. The second-order valence-electron chi connectivity index (χ2n) is 6.84. The molecule has 1 amide bonds. The number of rotatable bonds is 5. The molecule has 6 N–H and O–H groups in total. The SMILES string of the molecule is CCOC(=O)c1nnc(-c2cccc(F)c2)nc1N.NC(=O)c1nnc(-c2cccc(F)c2)nc1N. The van der Waals surface area contributed by atoms with Crippen molar-refractivity contribution in [1.82, 2.24) is 30.4 Å². The molecule has 4 rings (SSSR count). The van der Waals surface area contributed by atoms with E-state index in [1.807, 2.05) is 0 Å². The summed E-state index contributed by atoms with van der Waals surface area (Å²) < 4.78 is 30.8. The van der Waals surface area contributed by atoms with Gasteiger partial charge in [-0.15, -0.1) is 20.4 Å². The molecule has 0 spiro atoms. The summed E-state index contributed by atoms with van der Waals surface area (Å²) in [6, 6.07) is 11.3. The monoisotopic (exact) mass is 495 g/mol. The molecule has 0 unspecified atom stereocenters. The molecule has 2 heterocycles. The van der Waals surface area contributed by atoms with Crippen molar-refractivity contribution in [1.29, 1.82) is 0 Å². The van der Waals surface area contributed by atoms with Crippen molar-refractivity contribution in [2.24, 2.45) is 5.73 Å². The van der Waals surface area contributed by atoms with Gasteiger partial charge in [0, 0.05) is 11.1 Å². The van der Waals surface area contributed by atoms with Crippen molar-refractivity contribution < 1.29 is 23.1 Å². The van der Waals surface area contributed by atoms with Crippen LogP contribution in [0.25, 0.3) is 22.8 Å². The van der Waals surface area contributed by atoms with Gasteiger partial charge in [-0.1, -0.05) is 24.3 Å². The highest BCUT2D eigenvalue weighted by Crippen LogP contribution is 2.18. The first-order valence-electron chi connectivity index (χ1n) is 10.2. The van der Waals surface area contributed by atoms with Gasteiger partial charge in [-0.25, -0.2) is 23.5 Å². The number of benzene rings is 2. The van der Waals surface area contributed by atoms with Crippen molar-refractivity contribution in [2.75, 3.05) is 18.1 Å². The molecule has 4 aromatic rings. The van der Waals surface area contributed by atoms with Gasteiger partial charge >= 0.3 is 5.97 Å². The molecule has 2 aromatic carbocycles. The van der Waals surface area contributed by atoms with Crippen molar-refractivity contribution in [3.8, 4) is 22.8 Å². The van der Waals surface area contributed by atoms with E-state index in [0.29, 0.717) is 11.1 Å². The highest BCUT2D eigenvalue weighted by Gasteiger charge is 2.16. The Kier molecular flexibility index (Phi) is 8.02. The lowest BCUT2D eigenvalue weighted by atomic mass is 10.2. The molecule has 0 atom stereocenters. The Hall–Kier alpha value is -5.14. The summed E-state index contributed by atoms with van der Waals surface area (Å²) in [4.78, 5) is 30.1. The van der Waals surface area contributed by atoms with Crippen molar-refractivity contribution in [2.45, 2.75) is 6.92 Å². The van der Waals surface area contributed by atoms with Crippen LogP contribution in [0, 0.1) is 11.6 Å². The Balaban J connectivity index is 0.000000202. The van der Waals surface area contributed by atoms with Gasteiger partial charge in [0.1, 0.15) is 11.6 Å². The number of primary amides is 1. The molecule has 0 radical (unpaired) electrons. The summed E-state index contributed by atoms with van der Waals surface area (Å²) in [6.45, 7) is 1.86. The summed E-state index contributed by atoms with van der Waals surface area (Å²) in [5.74, 6) is -2.31. The van der Waals surface area contributed by atoms with E-state index in [2.05, 4.69) is 30.4 Å². The summed E-state index contributed by atoms with van der Waals surface area (Å²) >= 11 is 0. The lowest BCUT2D eigenvalue weighted by Crippen LogP contribution is -2.18. The minimum Gasteiger partial charge on any atom is -0.461 e. The van der Waals surface area contributed by atoms with Crippen molar-refractivity contribution in [3.63, 3.8) is 0 Å². The average molecular weight is 495 g/mol. The van der Waals surface area contributed by atoms with Crippen LogP contribution in [0.4, 0.5) is 20.4 Å². The van der Waals surface area contributed by atoms with E-state index in [-0.39, 0.29) is 41.3 Å². The van der Waals surface area contributed by atoms with Crippen molar-refractivity contribution in [3.05, 3.63) is 71.6 Å². The van der Waals surface area contributed by atoms with Gasteiger partial charge in [-0.3, -0.25) is 4.79 Å². The number of halogens is 2. The summed E-state index contributed by atoms with van der Waals surface area (Å²) in [5.41, 5.74) is 16.6. The molecule has 2 aromatic heterocycles. The predicted molar refractivity (Wildman–Crippen MR) is 124 cm³/mol. The number of amides is 1. The van der Waals surface area contributed by atoms with Gasteiger partial charge in [0.05, 0.1) is 6.61 Å². The third-order valence-corrected chi connectivity index (χ3v) is 4.30. The summed E-state index contributed by atoms with van der Waals surface area (Å²) in [7, 11) is 0. The molecule has 14 heteroatoms. The van der Waals surface area contributed by atoms with Crippen molar-refractivity contribution >= 4 is 23.5 Å². The highest BCUT2D eigenvalue weighted by atomic mass is 19.1. The van der Waals surface area contributed by atoms with E-state index in [4.69, 9.17) is 21.9 Å². The number of hydrogen-bond acceptors (Lipinski definition) is 11. The zero-order chi connectivity index (χ0) is 26.2. The second kappa shape index (κ2) is 11.3. The Morgan fingerprint density at radius 2 is 1.28 bits per heavy atom. The number of ether oxygens (including phenoxy) is 1. The fraction of sp³-hybridized carbons (Fsp3) is 0.0909. The molecule has 184 valence electrons. The maximum atomic E-state index is 13.1. The minimum atomic E-state index is -0.812. The molecule has 36 heavy (non-hydrogen) atoms. The topological polar surface area (TPSA) is 199 Å². The smallest absolute Gasteiger partial charge is 0.362 e. The third kappa shape index (κ3) is 6.25. The summed E-state index contributed by atoms with van der Waals surface area (Å²) in [5, 5.41) is 14.6. The van der Waals surface area contributed by atoms with Gasteiger partial charge < -0.3 is 21.9 Å². The predicted octanol–water partition coefficient (Wildman–Crippen LogP) is 1.80. The van der Waals surface area contributed by atoms with Crippen LogP contribution in [0.2, 0.25) is 0 Å². The molecule has 0 aliphatic heterocycles. The highest BCUT2D eigenvalue weighted by molar-refractivity contribution is 5.95. The van der Waals surface area contributed by atoms with E-state index in [1.54, 1.807) is 19.1 Å². The number of anilines is 2. The average Bonchev–Trinajstić information content (AvgIpc) is 2.84. The van der Waals surface area contributed by atoms with Crippen LogP contribution in [-0.2, 0) is 4.74 Å². The number of carbonyl (C=O) groups is 2. The molecular weight excluding hydrogens is 476 g/mol. The number of hydrogen-bond donors (Lipinski definition) is 3. The quantitative estimate of drug-likeness (QED) is 0.341. The van der Waals surface area contributed by atoms with Crippen LogP contribution in [-0.4, -0.2) is 48.8 Å². The van der Waals surface area contributed by atoms with Crippen LogP contribution < -0.4 is 17.2 Å². The Morgan fingerprint density at radius 3 is 1.67 bits per heavy atom.